The molecular weight excluding hydrogens is 384 g/mol. The highest BCUT2D eigenvalue weighted by Gasteiger charge is 2.08. The van der Waals surface area contributed by atoms with Gasteiger partial charge in [-0.05, 0) is 65.7 Å². The Morgan fingerprint density at radius 1 is 0.966 bits per heavy atom. The Labute approximate surface area is 174 Å². The zero-order valence-corrected chi connectivity index (χ0v) is 17.3. The van der Waals surface area contributed by atoms with Crippen molar-refractivity contribution in [3.63, 3.8) is 0 Å². The SMILES string of the molecule is CC[C@H](C)c1ccc(OCC(=O)Nc2ccc(NC(=O)c3cccs3)cc2)cc1. The molecule has 2 amide bonds. The summed E-state index contributed by atoms with van der Waals surface area (Å²) in [6.07, 6.45) is 1.08. The molecule has 0 aliphatic carbocycles. The van der Waals surface area contributed by atoms with Crippen LogP contribution < -0.4 is 15.4 Å². The lowest BCUT2D eigenvalue weighted by molar-refractivity contribution is -0.118. The highest BCUT2D eigenvalue weighted by molar-refractivity contribution is 7.12. The van der Waals surface area contributed by atoms with Crippen LogP contribution in [0.4, 0.5) is 11.4 Å². The van der Waals surface area contributed by atoms with Gasteiger partial charge in [-0.25, -0.2) is 0 Å². The lowest BCUT2D eigenvalue weighted by atomic mass is 9.99. The van der Waals surface area contributed by atoms with Crippen LogP contribution in [0.1, 0.15) is 41.4 Å². The number of benzene rings is 2. The molecule has 0 radical (unpaired) electrons. The lowest BCUT2D eigenvalue weighted by Gasteiger charge is -2.11. The Hall–Kier alpha value is -3.12. The van der Waals surface area contributed by atoms with Gasteiger partial charge in [0, 0.05) is 11.4 Å². The number of thiophene rings is 1. The average molecular weight is 409 g/mol. The van der Waals surface area contributed by atoms with Gasteiger partial charge in [0.05, 0.1) is 4.88 Å². The van der Waals surface area contributed by atoms with E-state index in [9.17, 15) is 9.59 Å². The first-order chi connectivity index (χ1) is 14.0. The maximum atomic E-state index is 12.1. The summed E-state index contributed by atoms with van der Waals surface area (Å²) in [5, 5.41) is 7.46. The van der Waals surface area contributed by atoms with Crippen molar-refractivity contribution >= 4 is 34.5 Å². The van der Waals surface area contributed by atoms with Crippen molar-refractivity contribution in [1.29, 1.82) is 0 Å². The van der Waals surface area contributed by atoms with Gasteiger partial charge >= 0.3 is 0 Å². The van der Waals surface area contributed by atoms with Gasteiger partial charge < -0.3 is 15.4 Å². The number of nitrogens with one attached hydrogen (secondary N) is 2. The van der Waals surface area contributed by atoms with E-state index in [2.05, 4.69) is 24.5 Å². The molecule has 0 aliphatic heterocycles. The zero-order valence-electron chi connectivity index (χ0n) is 16.5. The monoisotopic (exact) mass is 408 g/mol. The Morgan fingerprint density at radius 3 is 2.21 bits per heavy atom. The van der Waals surface area contributed by atoms with Crippen LogP contribution in [0.15, 0.2) is 66.0 Å². The van der Waals surface area contributed by atoms with Crippen LogP contribution in [0.5, 0.6) is 5.75 Å². The van der Waals surface area contributed by atoms with Crippen molar-refractivity contribution in [2.24, 2.45) is 0 Å². The highest BCUT2D eigenvalue weighted by atomic mass is 32.1. The van der Waals surface area contributed by atoms with E-state index in [4.69, 9.17) is 4.74 Å². The number of carbonyl (C=O) groups excluding carboxylic acids is 2. The molecule has 2 aromatic carbocycles. The fourth-order valence-corrected chi connectivity index (χ4v) is 3.33. The van der Waals surface area contributed by atoms with E-state index < -0.39 is 0 Å². The summed E-state index contributed by atoms with van der Waals surface area (Å²) in [7, 11) is 0. The van der Waals surface area contributed by atoms with Crippen molar-refractivity contribution in [1.82, 2.24) is 0 Å². The summed E-state index contributed by atoms with van der Waals surface area (Å²) in [5.41, 5.74) is 2.56. The highest BCUT2D eigenvalue weighted by Crippen LogP contribution is 2.21. The smallest absolute Gasteiger partial charge is 0.265 e. The molecule has 0 aliphatic rings. The quantitative estimate of drug-likeness (QED) is 0.515. The number of hydrogen-bond acceptors (Lipinski definition) is 4. The molecule has 0 spiro atoms. The van der Waals surface area contributed by atoms with E-state index >= 15 is 0 Å². The van der Waals surface area contributed by atoms with Crippen LogP contribution in [0.25, 0.3) is 0 Å². The molecule has 0 saturated heterocycles. The van der Waals surface area contributed by atoms with E-state index in [1.807, 2.05) is 35.7 Å². The molecule has 0 fully saturated rings. The first-order valence-electron chi connectivity index (χ1n) is 9.52. The van der Waals surface area contributed by atoms with Gasteiger partial charge in [-0.2, -0.15) is 0 Å². The van der Waals surface area contributed by atoms with E-state index in [0.29, 0.717) is 27.9 Å². The number of rotatable bonds is 8. The number of hydrogen-bond donors (Lipinski definition) is 2. The van der Waals surface area contributed by atoms with Crippen LogP contribution in [0.2, 0.25) is 0 Å². The molecule has 1 heterocycles. The average Bonchev–Trinajstić information content (AvgIpc) is 3.28. The molecule has 2 N–H and O–H groups in total. The maximum absolute atomic E-state index is 12.1. The fourth-order valence-electron chi connectivity index (χ4n) is 2.71. The molecule has 3 aromatic rings. The van der Waals surface area contributed by atoms with Crippen LogP contribution in [-0.4, -0.2) is 18.4 Å². The molecule has 6 heteroatoms. The standard InChI is InChI=1S/C23H24N2O3S/c1-3-16(2)17-6-12-20(13-7-17)28-15-22(26)24-18-8-10-19(11-9-18)25-23(27)21-5-4-14-29-21/h4-14,16H,3,15H2,1-2H3,(H,24,26)(H,25,27)/t16-/m0/s1. The van der Waals surface area contributed by atoms with Gasteiger partial charge in [0.1, 0.15) is 5.75 Å². The van der Waals surface area contributed by atoms with Crippen molar-refractivity contribution < 1.29 is 14.3 Å². The van der Waals surface area contributed by atoms with Gasteiger partial charge in [0.2, 0.25) is 0 Å². The number of amides is 2. The van der Waals surface area contributed by atoms with Gasteiger partial charge in [-0.1, -0.05) is 32.0 Å². The molecule has 0 unspecified atom stereocenters. The molecule has 1 aromatic heterocycles. The molecule has 1 atom stereocenters. The minimum atomic E-state index is -0.244. The molecular formula is C23H24N2O3S. The second kappa shape index (κ2) is 9.89. The van der Waals surface area contributed by atoms with Crippen molar-refractivity contribution in [2.45, 2.75) is 26.2 Å². The molecule has 0 bridgehead atoms. The molecule has 150 valence electrons. The van der Waals surface area contributed by atoms with E-state index in [-0.39, 0.29) is 18.4 Å². The predicted octanol–water partition coefficient (Wildman–Crippen LogP) is 5.53. The molecule has 29 heavy (non-hydrogen) atoms. The Morgan fingerprint density at radius 2 is 1.62 bits per heavy atom. The number of anilines is 2. The third-order valence-electron chi connectivity index (χ3n) is 4.60. The van der Waals surface area contributed by atoms with Crippen molar-refractivity contribution in [2.75, 3.05) is 17.2 Å². The van der Waals surface area contributed by atoms with Gasteiger partial charge in [-0.15, -0.1) is 11.3 Å². The summed E-state index contributed by atoms with van der Waals surface area (Å²) >= 11 is 1.39. The summed E-state index contributed by atoms with van der Waals surface area (Å²) in [5.74, 6) is 0.778. The topological polar surface area (TPSA) is 67.4 Å². The third-order valence-corrected chi connectivity index (χ3v) is 5.47. The van der Waals surface area contributed by atoms with Crippen LogP contribution in [0.3, 0.4) is 0 Å². The largest absolute Gasteiger partial charge is 0.484 e. The van der Waals surface area contributed by atoms with Crippen LogP contribution >= 0.6 is 11.3 Å². The fraction of sp³-hybridized carbons (Fsp3) is 0.217. The normalized spacial score (nSPS) is 11.5. The Bertz CT molecular complexity index is 935. The van der Waals surface area contributed by atoms with E-state index in [1.54, 1.807) is 30.3 Å². The minimum absolute atomic E-state index is 0.0699. The van der Waals surface area contributed by atoms with E-state index in [1.165, 1.54) is 16.9 Å². The van der Waals surface area contributed by atoms with Crippen LogP contribution in [-0.2, 0) is 4.79 Å². The summed E-state index contributed by atoms with van der Waals surface area (Å²) in [6.45, 7) is 4.27. The van der Waals surface area contributed by atoms with Gasteiger partial charge in [0.15, 0.2) is 6.61 Å². The third kappa shape index (κ3) is 5.93. The van der Waals surface area contributed by atoms with Gasteiger partial charge in [-0.3, -0.25) is 9.59 Å². The Balaban J connectivity index is 1.47. The van der Waals surface area contributed by atoms with E-state index in [0.717, 1.165) is 6.42 Å². The number of ether oxygens (including phenoxy) is 1. The maximum Gasteiger partial charge on any atom is 0.265 e. The first kappa shape index (κ1) is 20.6. The Kier molecular flexibility index (Phi) is 7.03. The molecule has 3 rings (SSSR count). The van der Waals surface area contributed by atoms with Crippen molar-refractivity contribution in [3.8, 4) is 5.75 Å². The predicted molar refractivity (Wildman–Crippen MR) is 118 cm³/mol. The lowest BCUT2D eigenvalue weighted by Crippen LogP contribution is -2.20. The number of carbonyl (C=O) groups is 2. The van der Waals surface area contributed by atoms with Crippen LogP contribution in [0, 0.1) is 0 Å². The molecule has 0 saturated carbocycles. The summed E-state index contributed by atoms with van der Waals surface area (Å²) < 4.78 is 5.56. The molecule has 5 nitrogen and oxygen atoms in total. The second-order valence-electron chi connectivity index (χ2n) is 6.72. The zero-order chi connectivity index (χ0) is 20.6. The summed E-state index contributed by atoms with van der Waals surface area (Å²) in [4.78, 5) is 24.8. The minimum Gasteiger partial charge on any atom is -0.484 e. The van der Waals surface area contributed by atoms with Gasteiger partial charge in [0.25, 0.3) is 11.8 Å². The second-order valence-corrected chi connectivity index (χ2v) is 7.67. The summed E-state index contributed by atoms with van der Waals surface area (Å²) in [6, 6.07) is 18.4. The van der Waals surface area contributed by atoms with Crippen molar-refractivity contribution in [3.05, 3.63) is 76.5 Å². The first-order valence-corrected chi connectivity index (χ1v) is 10.4.